The van der Waals surface area contributed by atoms with E-state index in [1.54, 1.807) is 0 Å². The summed E-state index contributed by atoms with van der Waals surface area (Å²) in [7, 11) is -4.13. The van der Waals surface area contributed by atoms with Crippen molar-refractivity contribution >= 4 is 18.8 Å². The molecule has 0 spiro atoms. The van der Waals surface area contributed by atoms with Crippen LogP contribution >= 0.6 is 7.60 Å². The molecule has 0 amide bonds. The Kier molecular flexibility index (Phi) is 9.32. The number of unbranched alkanes of at least 4 members (excludes halogenated alkanes) is 1. The minimum Gasteiger partial charge on any atom is -0.324 e. The molecule has 0 unspecified atom stereocenters. The average molecular weight is 555 g/mol. The van der Waals surface area contributed by atoms with Crippen LogP contribution in [-0.4, -0.2) is 34.6 Å². The van der Waals surface area contributed by atoms with Crippen molar-refractivity contribution in [2.24, 2.45) is 5.92 Å². The number of aryl methyl sites for hydroxylation is 3. The van der Waals surface area contributed by atoms with Crippen LogP contribution in [0.5, 0.6) is 0 Å². The molecule has 2 heterocycles. The van der Waals surface area contributed by atoms with Crippen LogP contribution in [0.15, 0.2) is 33.9 Å². The molecule has 39 heavy (non-hydrogen) atoms. The van der Waals surface area contributed by atoms with Gasteiger partial charge in [0.2, 0.25) is 0 Å². The van der Waals surface area contributed by atoms with Gasteiger partial charge < -0.3 is 14.4 Å². The number of benzene rings is 1. The summed E-state index contributed by atoms with van der Waals surface area (Å²) in [5, 5.41) is 0. The first-order chi connectivity index (χ1) is 18.6. The first-order valence-electron chi connectivity index (χ1n) is 13.9. The lowest BCUT2D eigenvalue weighted by molar-refractivity contribution is 0.370. The van der Waals surface area contributed by atoms with E-state index in [-0.39, 0.29) is 25.7 Å². The Labute approximate surface area is 229 Å². The van der Waals surface area contributed by atoms with Crippen molar-refractivity contribution in [3.8, 4) is 12.3 Å². The van der Waals surface area contributed by atoms with Crippen LogP contribution in [0.2, 0.25) is 0 Å². The lowest BCUT2D eigenvalue weighted by Gasteiger charge is -2.15. The van der Waals surface area contributed by atoms with Gasteiger partial charge in [0.05, 0.1) is 6.54 Å². The highest BCUT2D eigenvalue weighted by Crippen LogP contribution is 2.35. The molecule has 3 aromatic rings. The number of hydrogen-bond donors (Lipinski definition) is 2. The largest absolute Gasteiger partial charge is 0.333 e. The fraction of sp³-hybridized carbons (Fsp3) is 0.552. The fourth-order valence-corrected chi connectivity index (χ4v) is 6.16. The number of hydrogen-bond acceptors (Lipinski definition) is 4. The van der Waals surface area contributed by atoms with Gasteiger partial charge in [-0.05, 0) is 55.1 Å². The van der Waals surface area contributed by atoms with Gasteiger partial charge in [0.1, 0.15) is 5.82 Å². The summed E-state index contributed by atoms with van der Waals surface area (Å²) in [4.78, 5) is 50.3. The molecule has 1 aliphatic carbocycles. The van der Waals surface area contributed by atoms with Gasteiger partial charge in [0.15, 0.2) is 11.2 Å². The summed E-state index contributed by atoms with van der Waals surface area (Å²) in [5.41, 5.74) is 2.21. The van der Waals surface area contributed by atoms with Crippen LogP contribution in [0.25, 0.3) is 11.2 Å². The molecule has 1 aliphatic rings. The van der Waals surface area contributed by atoms with Crippen LogP contribution in [-0.2, 0) is 37.0 Å². The molecule has 2 aromatic heterocycles. The van der Waals surface area contributed by atoms with E-state index in [4.69, 9.17) is 11.4 Å². The van der Waals surface area contributed by atoms with E-state index >= 15 is 0 Å². The monoisotopic (exact) mass is 554 g/mol. The van der Waals surface area contributed by atoms with E-state index in [1.165, 1.54) is 28.5 Å². The van der Waals surface area contributed by atoms with Gasteiger partial charge in [-0.3, -0.25) is 13.9 Å². The fourth-order valence-electron chi connectivity index (χ4n) is 5.52. The Balaban J connectivity index is 1.75. The third kappa shape index (κ3) is 7.00. The van der Waals surface area contributed by atoms with Crippen molar-refractivity contribution in [2.45, 2.75) is 90.8 Å². The van der Waals surface area contributed by atoms with E-state index in [9.17, 15) is 23.9 Å². The number of imidazole rings is 1. The van der Waals surface area contributed by atoms with Crippen molar-refractivity contribution < 1.29 is 14.4 Å². The molecule has 0 atom stereocenters. The van der Waals surface area contributed by atoms with Crippen LogP contribution in [0.3, 0.4) is 0 Å². The average Bonchev–Trinajstić information content (AvgIpc) is 3.53. The van der Waals surface area contributed by atoms with Crippen molar-refractivity contribution in [3.63, 3.8) is 0 Å². The lowest BCUT2D eigenvalue weighted by Crippen LogP contribution is -2.40. The zero-order valence-electron chi connectivity index (χ0n) is 22.9. The summed E-state index contributed by atoms with van der Waals surface area (Å²) < 4.78 is 15.8. The van der Waals surface area contributed by atoms with E-state index in [1.807, 2.05) is 4.57 Å². The Bertz CT molecular complexity index is 1500. The maximum absolute atomic E-state index is 13.6. The Morgan fingerprint density at radius 2 is 1.74 bits per heavy atom. The third-order valence-corrected chi connectivity index (χ3v) is 8.62. The highest BCUT2D eigenvalue weighted by Gasteiger charge is 2.25. The zero-order valence-corrected chi connectivity index (χ0v) is 23.8. The second-order valence-corrected chi connectivity index (χ2v) is 12.8. The van der Waals surface area contributed by atoms with Crippen molar-refractivity contribution in [2.75, 3.05) is 6.16 Å². The number of nitrogens with zero attached hydrogens (tertiary/aromatic N) is 4. The third-order valence-electron chi connectivity index (χ3n) is 7.72. The van der Waals surface area contributed by atoms with Crippen LogP contribution in [0.4, 0.5) is 0 Å². The summed E-state index contributed by atoms with van der Waals surface area (Å²) in [5.74, 6) is 4.08. The quantitative estimate of drug-likeness (QED) is 0.198. The van der Waals surface area contributed by atoms with E-state index in [2.05, 4.69) is 44.0 Å². The van der Waals surface area contributed by atoms with Gasteiger partial charge in [0.25, 0.3) is 5.56 Å². The Hall–Kier alpha value is -2.92. The molecule has 0 bridgehead atoms. The molecule has 210 valence electrons. The highest BCUT2D eigenvalue weighted by molar-refractivity contribution is 7.51. The Morgan fingerprint density at radius 3 is 2.36 bits per heavy atom. The van der Waals surface area contributed by atoms with Gasteiger partial charge in [-0.2, -0.15) is 0 Å². The molecule has 0 radical (unpaired) electrons. The zero-order chi connectivity index (χ0) is 28.2. The number of fused-ring (bicyclic) bond motifs is 1. The minimum atomic E-state index is -4.13. The van der Waals surface area contributed by atoms with Crippen LogP contribution in [0.1, 0.15) is 75.2 Å². The van der Waals surface area contributed by atoms with Gasteiger partial charge >= 0.3 is 13.3 Å². The minimum absolute atomic E-state index is 0.151. The predicted molar refractivity (Wildman–Crippen MR) is 153 cm³/mol. The summed E-state index contributed by atoms with van der Waals surface area (Å²) in [6.07, 6.45) is 11.7. The molecule has 10 heteroatoms. The Morgan fingerprint density at radius 1 is 1.05 bits per heavy atom. The van der Waals surface area contributed by atoms with E-state index in [0.29, 0.717) is 42.4 Å². The smallest absolute Gasteiger partial charge is 0.324 e. The molecule has 1 saturated carbocycles. The SMILES string of the molecule is C#CCn1c(=O)c2c(nc(CCc3ccc(C(C)C)cc3)n2CC2CCCC2)n(CCCCP(=O)(O)O)c1=O. The number of terminal acetylenes is 1. The lowest BCUT2D eigenvalue weighted by atomic mass is 10.0. The second kappa shape index (κ2) is 12.5. The molecule has 9 nitrogen and oxygen atoms in total. The van der Waals surface area contributed by atoms with Gasteiger partial charge in [-0.25, -0.2) is 14.3 Å². The predicted octanol–water partition coefficient (Wildman–Crippen LogP) is 4.05. The second-order valence-electron chi connectivity index (χ2n) is 11.0. The van der Waals surface area contributed by atoms with Crippen molar-refractivity contribution in [3.05, 3.63) is 62.1 Å². The van der Waals surface area contributed by atoms with Crippen molar-refractivity contribution in [1.82, 2.24) is 18.7 Å². The molecule has 1 aromatic carbocycles. The summed E-state index contributed by atoms with van der Waals surface area (Å²) in [6.45, 7) is 5.04. The molecular weight excluding hydrogens is 515 g/mol. The van der Waals surface area contributed by atoms with Crippen LogP contribution < -0.4 is 11.2 Å². The molecule has 4 rings (SSSR count). The first-order valence-corrected chi connectivity index (χ1v) is 15.7. The van der Waals surface area contributed by atoms with Crippen molar-refractivity contribution in [1.29, 1.82) is 0 Å². The van der Waals surface area contributed by atoms with E-state index < -0.39 is 18.8 Å². The molecule has 2 N–H and O–H groups in total. The first kappa shape index (κ1) is 29.1. The topological polar surface area (TPSA) is 119 Å². The molecule has 0 saturated heterocycles. The van der Waals surface area contributed by atoms with E-state index in [0.717, 1.165) is 29.7 Å². The van der Waals surface area contributed by atoms with Gasteiger partial charge in [-0.15, -0.1) is 6.42 Å². The normalized spacial score (nSPS) is 14.5. The number of aromatic nitrogens is 4. The van der Waals surface area contributed by atoms with Gasteiger partial charge in [0, 0.05) is 25.7 Å². The van der Waals surface area contributed by atoms with Crippen LogP contribution in [0, 0.1) is 18.3 Å². The van der Waals surface area contributed by atoms with Gasteiger partial charge in [-0.1, -0.05) is 56.9 Å². The standard InChI is InChI=1S/C29H39N4O5P/c1-4-17-32-28(34)26-27(31(29(32)35)18-7-8-19-39(36,37)38)30-25(33(26)20-23-9-5-6-10-23)16-13-22-11-14-24(15-12-22)21(2)3/h1,11-12,14-15,21,23H,5-10,13,16-20H2,2-3H3,(H2,36,37,38). The molecule has 1 fully saturated rings. The molecule has 0 aliphatic heterocycles. The molecular formula is C29H39N4O5P. The maximum Gasteiger partial charge on any atom is 0.333 e. The summed E-state index contributed by atoms with van der Waals surface area (Å²) in [6, 6.07) is 8.57. The highest BCUT2D eigenvalue weighted by atomic mass is 31.2. The number of rotatable bonds is 12. The summed E-state index contributed by atoms with van der Waals surface area (Å²) >= 11 is 0. The maximum atomic E-state index is 13.6.